The molecule has 2 aliphatic rings. The van der Waals surface area contributed by atoms with Crippen LogP contribution in [0.4, 0.5) is 22.7 Å². The fourth-order valence-electron chi connectivity index (χ4n) is 4.46. The molecule has 2 aliphatic carbocycles. The van der Waals surface area contributed by atoms with Crippen molar-refractivity contribution in [2.24, 2.45) is 0 Å². The molecule has 0 aliphatic heterocycles. The number of hydrogen-bond donors (Lipinski definition) is 0. The lowest BCUT2D eigenvalue weighted by molar-refractivity contribution is 0.917. The van der Waals surface area contributed by atoms with Crippen LogP contribution in [-0.4, -0.2) is 0 Å². The predicted octanol–water partition coefficient (Wildman–Crippen LogP) is 9.74. The van der Waals surface area contributed by atoms with E-state index in [1.165, 1.54) is 5.70 Å². The summed E-state index contributed by atoms with van der Waals surface area (Å²) in [6.45, 7) is 0. The highest BCUT2D eigenvalue weighted by atomic mass is 35.5. The van der Waals surface area contributed by atoms with Crippen molar-refractivity contribution < 1.29 is 0 Å². The highest BCUT2D eigenvalue weighted by molar-refractivity contribution is 6.43. The molecule has 4 heteroatoms. The monoisotopic (exact) mass is 484 g/mol. The van der Waals surface area contributed by atoms with Crippen LogP contribution in [0.25, 0.3) is 0 Å². The van der Waals surface area contributed by atoms with Gasteiger partial charge in [-0.1, -0.05) is 77.8 Å². The van der Waals surface area contributed by atoms with Crippen LogP contribution in [0.5, 0.6) is 0 Å². The lowest BCUT2D eigenvalue weighted by Gasteiger charge is -2.32. The summed E-state index contributed by atoms with van der Waals surface area (Å²) in [6.07, 6.45) is 17.3. The Morgan fingerprint density at radius 1 is 0.676 bits per heavy atom. The Morgan fingerprint density at radius 3 is 2.18 bits per heavy atom. The van der Waals surface area contributed by atoms with E-state index in [1.54, 1.807) is 0 Å². The molecule has 2 nitrogen and oxygen atoms in total. The van der Waals surface area contributed by atoms with E-state index in [0.29, 0.717) is 10.0 Å². The molecule has 0 amide bonds. The first-order valence-electron chi connectivity index (χ1n) is 11.6. The Morgan fingerprint density at radius 2 is 1.44 bits per heavy atom. The molecule has 3 aromatic carbocycles. The van der Waals surface area contributed by atoms with E-state index >= 15 is 0 Å². The first-order chi connectivity index (χ1) is 16.7. The van der Waals surface area contributed by atoms with E-state index in [2.05, 4.69) is 101 Å². The summed E-state index contributed by atoms with van der Waals surface area (Å²) >= 11 is 13.2. The fourth-order valence-corrected chi connectivity index (χ4v) is 4.84. The lowest BCUT2D eigenvalue weighted by Crippen LogP contribution is -2.19. The Hall–Kier alpha value is -3.20. The molecule has 0 unspecified atom stereocenters. The SMILES string of the molecule is Clc1cccc(N(C2=CCCC=C2)c2cccc(N(C3=CC=CCC3)c3ccccc3)c2)c1Cl. The summed E-state index contributed by atoms with van der Waals surface area (Å²) in [5.74, 6) is 0. The molecule has 0 bridgehead atoms. The van der Waals surface area contributed by atoms with Gasteiger partial charge in [0.05, 0.1) is 15.7 Å². The number of allylic oxidation sites excluding steroid dienone is 7. The molecule has 0 aromatic heterocycles. The molecule has 0 heterocycles. The molecule has 170 valence electrons. The van der Waals surface area contributed by atoms with Crippen LogP contribution in [0.1, 0.15) is 25.7 Å². The summed E-state index contributed by atoms with van der Waals surface area (Å²) in [7, 11) is 0. The van der Waals surface area contributed by atoms with Gasteiger partial charge in [0.15, 0.2) is 0 Å². The summed E-state index contributed by atoms with van der Waals surface area (Å²) in [5.41, 5.74) is 6.52. The second kappa shape index (κ2) is 10.4. The van der Waals surface area contributed by atoms with Crippen molar-refractivity contribution >= 4 is 46.0 Å². The molecule has 0 saturated carbocycles. The maximum Gasteiger partial charge on any atom is 0.0832 e. The molecular formula is C30H26Cl2N2. The minimum Gasteiger partial charge on any atom is -0.314 e. The third-order valence-electron chi connectivity index (χ3n) is 6.05. The van der Waals surface area contributed by atoms with Crippen molar-refractivity contribution in [1.82, 2.24) is 0 Å². The van der Waals surface area contributed by atoms with Crippen molar-refractivity contribution in [3.63, 3.8) is 0 Å². The largest absolute Gasteiger partial charge is 0.314 e. The second-order valence-corrected chi connectivity index (χ2v) is 9.12. The van der Waals surface area contributed by atoms with Gasteiger partial charge in [-0.05, 0) is 80.3 Å². The third-order valence-corrected chi connectivity index (χ3v) is 6.85. The van der Waals surface area contributed by atoms with Crippen LogP contribution >= 0.6 is 23.2 Å². The molecule has 0 fully saturated rings. The van der Waals surface area contributed by atoms with Crippen molar-refractivity contribution in [1.29, 1.82) is 0 Å². The summed E-state index contributed by atoms with van der Waals surface area (Å²) in [6, 6.07) is 25.0. The van der Waals surface area contributed by atoms with Crippen molar-refractivity contribution in [3.05, 3.63) is 131 Å². The average molecular weight is 485 g/mol. The first-order valence-corrected chi connectivity index (χ1v) is 12.4. The summed E-state index contributed by atoms with van der Waals surface area (Å²) in [4.78, 5) is 4.54. The molecule has 0 spiro atoms. The number of rotatable bonds is 6. The normalized spacial score (nSPS) is 15.0. The van der Waals surface area contributed by atoms with Gasteiger partial charge >= 0.3 is 0 Å². The predicted molar refractivity (Wildman–Crippen MR) is 147 cm³/mol. The zero-order valence-corrected chi connectivity index (χ0v) is 20.4. The molecule has 0 saturated heterocycles. The maximum absolute atomic E-state index is 6.72. The molecular weight excluding hydrogens is 459 g/mol. The Kier molecular flexibility index (Phi) is 6.89. The van der Waals surface area contributed by atoms with Gasteiger partial charge in [0.2, 0.25) is 0 Å². The van der Waals surface area contributed by atoms with E-state index in [-0.39, 0.29) is 0 Å². The number of para-hydroxylation sites is 1. The standard InChI is InChI=1S/C30H26Cl2N2/c31-28-20-11-21-29(30(28)32)34(25-16-8-3-9-17-25)27-19-10-18-26(22-27)33(23-12-4-1-5-13-23)24-14-6-2-7-15-24/h1-2,4-6,8,10-14,16-22H,3,7,9,15H2. The van der Waals surface area contributed by atoms with Crippen LogP contribution in [0.15, 0.2) is 121 Å². The number of anilines is 4. The van der Waals surface area contributed by atoms with Gasteiger partial charge < -0.3 is 9.80 Å². The summed E-state index contributed by atoms with van der Waals surface area (Å²) in [5, 5.41) is 1.10. The zero-order valence-electron chi connectivity index (χ0n) is 18.9. The van der Waals surface area contributed by atoms with Gasteiger partial charge in [0.25, 0.3) is 0 Å². The number of benzene rings is 3. The Labute approximate surface area is 211 Å². The average Bonchev–Trinajstić information content (AvgIpc) is 2.89. The first kappa shape index (κ1) is 22.6. The highest BCUT2D eigenvalue weighted by Gasteiger charge is 2.21. The van der Waals surface area contributed by atoms with Gasteiger partial charge in [-0.3, -0.25) is 0 Å². The summed E-state index contributed by atoms with van der Waals surface area (Å²) < 4.78 is 0. The van der Waals surface area contributed by atoms with E-state index in [9.17, 15) is 0 Å². The van der Waals surface area contributed by atoms with Gasteiger partial charge in [0.1, 0.15) is 0 Å². The number of nitrogens with zero attached hydrogens (tertiary/aromatic N) is 2. The Balaban J connectivity index is 1.65. The molecule has 3 aromatic rings. The number of hydrogen-bond acceptors (Lipinski definition) is 2. The number of halogens is 2. The van der Waals surface area contributed by atoms with E-state index in [1.807, 2.05) is 18.2 Å². The zero-order chi connectivity index (χ0) is 23.3. The van der Waals surface area contributed by atoms with Crippen LogP contribution in [-0.2, 0) is 0 Å². The van der Waals surface area contributed by atoms with Gasteiger partial charge in [0, 0.05) is 28.5 Å². The third kappa shape index (κ3) is 4.70. The van der Waals surface area contributed by atoms with Crippen molar-refractivity contribution in [2.75, 3.05) is 9.80 Å². The molecule has 0 atom stereocenters. The van der Waals surface area contributed by atoms with Crippen LogP contribution in [0.2, 0.25) is 10.0 Å². The molecule has 34 heavy (non-hydrogen) atoms. The second-order valence-electron chi connectivity index (χ2n) is 8.33. The highest BCUT2D eigenvalue weighted by Crippen LogP contribution is 2.42. The minimum absolute atomic E-state index is 0.547. The Bertz CT molecular complexity index is 1290. The molecule has 5 rings (SSSR count). The quantitative estimate of drug-likeness (QED) is 0.343. The molecule has 0 N–H and O–H groups in total. The topological polar surface area (TPSA) is 6.48 Å². The van der Waals surface area contributed by atoms with Gasteiger partial charge in [-0.15, -0.1) is 0 Å². The van der Waals surface area contributed by atoms with Crippen LogP contribution in [0, 0.1) is 0 Å². The van der Waals surface area contributed by atoms with Crippen LogP contribution in [0.3, 0.4) is 0 Å². The van der Waals surface area contributed by atoms with Crippen molar-refractivity contribution in [2.45, 2.75) is 25.7 Å². The molecule has 0 radical (unpaired) electrons. The van der Waals surface area contributed by atoms with E-state index in [0.717, 1.165) is 54.1 Å². The van der Waals surface area contributed by atoms with Gasteiger partial charge in [-0.25, -0.2) is 0 Å². The van der Waals surface area contributed by atoms with Crippen molar-refractivity contribution in [3.8, 4) is 0 Å². The minimum atomic E-state index is 0.547. The fraction of sp³-hybridized carbons (Fsp3) is 0.133. The van der Waals surface area contributed by atoms with E-state index in [4.69, 9.17) is 23.2 Å². The van der Waals surface area contributed by atoms with Gasteiger partial charge in [-0.2, -0.15) is 0 Å². The van der Waals surface area contributed by atoms with Crippen LogP contribution < -0.4 is 9.80 Å². The lowest BCUT2D eigenvalue weighted by atomic mass is 10.1. The van der Waals surface area contributed by atoms with E-state index < -0.39 is 0 Å². The smallest absolute Gasteiger partial charge is 0.0832 e. The maximum atomic E-state index is 6.72.